The molecule has 1 aliphatic heterocycles. The van der Waals surface area contributed by atoms with Crippen LogP contribution in [0.2, 0.25) is 0 Å². The Hall–Kier alpha value is -4.52. The number of aromatic nitrogens is 2. The van der Waals surface area contributed by atoms with Gasteiger partial charge in [-0.15, -0.1) is 0 Å². The van der Waals surface area contributed by atoms with Crippen LogP contribution >= 0.6 is 0 Å². The normalized spacial score (nSPS) is 17.7. The molecular weight excluding hydrogens is 490 g/mol. The molecule has 0 amide bonds. The Balaban J connectivity index is 1.49. The highest BCUT2D eigenvalue weighted by atomic mass is 16.5. The van der Waals surface area contributed by atoms with Crippen LogP contribution < -0.4 is 20.3 Å². The smallest absolute Gasteiger partial charge is 0.277 e. The van der Waals surface area contributed by atoms with Crippen LogP contribution in [0.1, 0.15) is 49.3 Å². The number of anilines is 1. The fourth-order valence-electron chi connectivity index (χ4n) is 5.70. The Labute approximate surface area is 227 Å². The molecule has 0 saturated heterocycles. The van der Waals surface area contributed by atoms with E-state index in [2.05, 4.69) is 24.3 Å². The van der Waals surface area contributed by atoms with Crippen LogP contribution in [0.3, 0.4) is 0 Å². The first-order valence-electron chi connectivity index (χ1n) is 13.1. The highest BCUT2D eigenvalue weighted by Gasteiger charge is 2.43. The molecule has 2 aliphatic rings. The van der Waals surface area contributed by atoms with E-state index in [0.29, 0.717) is 47.9 Å². The maximum absolute atomic E-state index is 13.9. The Kier molecular flexibility index (Phi) is 6.14. The summed E-state index contributed by atoms with van der Waals surface area (Å²) < 4.78 is 13.3. The number of hydrogen-bond donors (Lipinski definition) is 2. The minimum absolute atomic E-state index is 0.0545. The summed E-state index contributed by atoms with van der Waals surface area (Å²) in [5, 5.41) is 6.69. The van der Waals surface area contributed by atoms with E-state index < -0.39 is 5.92 Å². The van der Waals surface area contributed by atoms with Crippen molar-refractivity contribution in [1.29, 1.82) is 0 Å². The van der Waals surface area contributed by atoms with Gasteiger partial charge in [0.15, 0.2) is 17.3 Å². The maximum atomic E-state index is 13.9. The zero-order valence-electron chi connectivity index (χ0n) is 22.3. The summed E-state index contributed by atoms with van der Waals surface area (Å²) in [6.07, 6.45) is 1.13. The maximum Gasteiger partial charge on any atom is 0.277 e. The summed E-state index contributed by atoms with van der Waals surface area (Å²) in [5.41, 5.74) is 4.21. The fraction of sp³-hybridized carbons (Fsp3) is 0.250. The molecule has 39 heavy (non-hydrogen) atoms. The molecule has 0 radical (unpaired) electrons. The Morgan fingerprint density at radius 3 is 2.36 bits per heavy atom. The number of ketones is 1. The van der Waals surface area contributed by atoms with Crippen molar-refractivity contribution in [2.45, 2.75) is 39.2 Å². The van der Waals surface area contributed by atoms with Gasteiger partial charge >= 0.3 is 0 Å². The van der Waals surface area contributed by atoms with Crippen LogP contribution in [0.15, 0.2) is 94.9 Å². The third-order valence-corrected chi connectivity index (χ3v) is 7.47. The molecule has 1 aromatic heterocycles. The van der Waals surface area contributed by atoms with E-state index in [9.17, 15) is 9.59 Å². The molecule has 1 aliphatic carbocycles. The molecule has 0 saturated carbocycles. The number of aromatic amines is 1. The van der Waals surface area contributed by atoms with E-state index in [1.54, 1.807) is 7.11 Å². The molecule has 6 rings (SSSR count). The number of nitrogens with zero attached hydrogens (tertiary/aromatic N) is 1. The van der Waals surface area contributed by atoms with E-state index in [-0.39, 0.29) is 16.8 Å². The predicted molar refractivity (Wildman–Crippen MR) is 151 cm³/mol. The lowest BCUT2D eigenvalue weighted by molar-refractivity contribution is -0.118. The predicted octanol–water partition coefficient (Wildman–Crippen LogP) is 5.95. The molecule has 1 atom stereocenters. The van der Waals surface area contributed by atoms with Crippen LogP contribution in [0.5, 0.6) is 11.5 Å². The van der Waals surface area contributed by atoms with Gasteiger partial charge in [0.1, 0.15) is 12.4 Å². The lowest BCUT2D eigenvalue weighted by Crippen LogP contribution is -2.35. The zero-order valence-corrected chi connectivity index (χ0v) is 22.3. The summed E-state index contributed by atoms with van der Waals surface area (Å²) >= 11 is 0. The minimum Gasteiger partial charge on any atom is -0.493 e. The Morgan fingerprint density at radius 2 is 1.64 bits per heavy atom. The van der Waals surface area contributed by atoms with E-state index >= 15 is 0 Å². The van der Waals surface area contributed by atoms with Crippen molar-refractivity contribution in [2.24, 2.45) is 5.41 Å². The van der Waals surface area contributed by atoms with Gasteiger partial charge in [-0.3, -0.25) is 14.7 Å². The monoisotopic (exact) mass is 521 g/mol. The molecule has 4 aromatic rings. The first-order chi connectivity index (χ1) is 18.8. The van der Waals surface area contributed by atoms with Crippen LogP contribution in [0.4, 0.5) is 5.82 Å². The molecular formula is C32H31N3O4. The standard InChI is InChI=1S/C32H31N3O4/c1-32(2)17-23-28(24(36)18-32)27(29-30(33-23)34-35(31(29)37)22-12-8-5-9-13-22)21-14-15-25(38-3)26(16-21)39-19-20-10-6-4-7-11-20/h4-16,27,33-34H,17-19H2,1-3H3/t27-/m0/s1. The fourth-order valence-corrected chi connectivity index (χ4v) is 5.70. The molecule has 2 heterocycles. The zero-order chi connectivity index (χ0) is 27.1. The molecule has 0 bridgehead atoms. The third-order valence-electron chi connectivity index (χ3n) is 7.47. The van der Waals surface area contributed by atoms with Gasteiger partial charge in [-0.1, -0.05) is 68.4 Å². The number of para-hydroxylation sites is 1. The van der Waals surface area contributed by atoms with Gasteiger partial charge in [-0.25, -0.2) is 4.68 Å². The van der Waals surface area contributed by atoms with Gasteiger partial charge < -0.3 is 14.8 Å². The number of hydrogen-bond acceptors (Lipinski definition) is 5. The molecule has 0 fully saturated rings. The second-order valence-corrected chi connectivity index (χ2v) is 11.0. The largest absolute Gasteiger partial charge is 0.493 e. The second-order valence-electron chi connectivity index (χ2n) is 11.0. The van der Waals surface area contributed by atoms with Gasteiger partial charge in [0.05, 0.1) is 18.4 Å². The molecule has 7 heteroatoms. The molecule has 0 spiro atoms. The first-order valence-corrected chi connectivity index (χ1v) is 13.1. The molecule has 2 N–H and O–H groups in total. The van der Waals surface area contributed by atoms with Crippen LogP contribution in [0.25, 0.3) is 5.69 Å². The van der Waals surface area contributed by atoms with E-state index in [4.69, 9.17) is 9.47 Å². The van der Waals surface area contributed by atoms with Crippen molar-refractivity contribution < 1.29 is 14.3 Å². The van der Waals surface area contributed by atoms with Crippen molar-refractivity contribution in [3.05, 3.63) is 117 Å². The molecule has 198 valence electrons. The lowest BCUT2D eigenvalue weighted by Gasteiger charge is -2.38. The molecule has 3 aromatic carbocycles. The average molecular weight is 522 g/mol. The van der Waals surface area contributed by atoms with Crippen LogP contribution in [0, 0.1) is 5.41 Å². The van der Waals surface area contributed by atoms with Crippen molar-refractivity contribution in [3.8, 4) is 17.2 Å². The second kappa shape index (κ2) is 9.66. The van der Waals surface area contributed by atoms with Crippen molar-refractivity contribution >= 4 is 11.6 Å². The summed E-state index contributed by atoms with van der Waals surface area (Å²) in [7, 11) is 1.60. The Morgan fingerprint density at radius 1 is 0.923 bits per heavy atom. The number of rotatable bonds is 6. The van der Waals surface area contributed by atoms with Gasteiger partial charge in [-0.05, 0) is 47.2 Å². The van der Waals surface area contributed by atoms with Crippen LogP contribution in [-0.4, -0.2) is 22.7 Å². The first kappa shape index (κ1) is 24.8. The SMILES string of the molecule is COc1ccc([C@H]2C3=C(CC(C)(C)CC3=O)Nc3[nH]n(-c4ccccc4)c(=O)c32)cc1OCc1ccccc1. The number of ether oxygens (including phenoxy) is 2. The van der Waals surface area contributed by atoms with Crippen LogP contribution in [-0.2, 0) is 11.4 Å². The number of nitrogens with one attached hydrogen (secondary N) is 2. The Bertz CT molecular complexity index is 1630. The average Bonchev–Trinajstić information content (AvgIpc) is 3.26. The third kappa shape index (κ3) is 4.54. The number of Topliss-reactive ketones (excluding diaryl/α,β-unsaturated/α-hetero) is 1. The van der Waals surface area contributed by atoms with Crippen molar-refractivity contribution in [1.82, 2.24) is 9.78 Å². The van der Waals surface area contributed by atoms with Gasteiger partial charge in [0, 0.05) is 23.6 Å². The van der Waals surface area contributed by atoms with Gasteiger partial charge in [-0.2, -0.15) is 0 Å². The number of carbonyl (C=O) groups is 1. The van der Waals surface area contributed by atoms with Gasteiger partial charge in [0.2, 0.25) is 0 Å². The number of benzene rings is 3. The number of H-pyrrole nitrogens is 1. The van der Waals surface area contributed by atoms with E-state index in [0.717, 1.165) is 22.5 Å². The highest BCUT2D eigenvalue weighted by molar-refractivity contribution is 6.01. The van der Waals surface area contributed by atoms with E-state index in [1.165, 1.54) is 4.68 Å². The molecule has 7 nitrogen and oxygen atoms in total. The van der Waals surface area contributed by atoms with Crippen molar-refractivity contribution in [2.75, 3.05) is 12.4 Å². The quantitative estimate of drug-likeness (QED) is 0.327. The number of allylic oxidation sites excluding steroid dienone is 2. The number of carbonyl (C=O) groups excluding carboxylic acids is 1. The topological polar surface area (TPSA) is 85.4 Å². The van der Waals surface area contributed by atoms with Crippen molar-refractivity contribution in [3.63, 3.8) is 0 Å². The lowest BCUT2D eigenvalue weighted by atomic mass is 9.69. The number of methoxy groups -OCH3 is 1. The highest BCUT2D eigenvalue weighted by Crippen LogP contribution is 2.48. The molecule has 0 unspecified atom stereocenters. The van der Waals surface area contributed by atoms with Gasteiger partial charge in [0.25, 0.3) is 5.56 Å². The summed E-state index contributed by atoms with van der Waals surface area (Å²) in [5.74, 6) is 1.27. The summed E-state index contributed by atoms with van der Waals surface area (Å²) in [6.45, 7) is 4.56. The van der Waals surface area contributed by atoms with E-state index in [1.807, 2.05) is 78.9 Å². The number of fused-ring (bicyclic) bond motifs is 1. The minimum atomic E-state index is -0.543. The summed E-state index contributed by atoms with van der Waals surface area (Å²) in [6, 6.07) is 25.0. The summed E-state index contributed by atoms with van der Waals surface area (Å²) in [4.78, 5) is 27.6.